The summed E-state index contributed by atoms with van der Waals surface area (Å²) in [6, 6.07) is 3.46. The zero-order chi connectivity index (χ0) is 15.4. The molecule has 0 spiro atoms. The number of ether oxygens (including phenoxy) is 1. The van der Waals surface area contributed by atoms with E-state index in [4.69, 9.17) is 4.74 Å². The smallest absolute Gasteiger partial charge is 0.257 e. The van der Waals surface area contributed by atoms with Crippen molar-refractivity contribution in [3.63, 3.8) is 0 Å². The second-order valence-electron chi connectivity index (χ2n) is 5.27. The number of fused-ring (bicyclic) bond motifs is 1. The number of carbonyl (C=O) groups is 1. The van der Waals surface area contributed by atoms with E-state index < -0.39 is 0 Å². The average Bonchev–Trinajstić information content (AvgIpc) is 2.97. The number of amides is 1. The summed E-state index contributed by atoms with van der Waals surface area (Å²) < 4.78 is 7.44. The van der Waals surface area contributed by atoms with Crippen LogP contribution in [0.1, 0.15) is 41.4 Å². The predicted octanol–water partition coefficient (Wildman–Crippen LogP) is 1.94. The molecular formula is C16H20N4O2. The van der Waals surface area contributed by atoms with E-state index in [1.807, 2.05) is 17.8 Å². The Kier molecular flexibility index (Phi) is 4.37. The quantitative estimate of drug-likeness (QED) is 0.916. The van der Waals surface area contributed by atoms with Crippen molar-refractivity contribution in [2.24, 2.45) is 0 Å². The first-order valence-corrected chi connectivity index (χ1v) is 7.69. The van der Waals surface area contributed by atoms with Gasteiger partial charge in [-0.05, 0) is 38.3 Å². The normalized spacial score (nSPS) is 13.5. The van der Waals surface area contributed by atoms with E-state index in [2.05, 4.69) is 15.4 Å². The molecule has 3 heterocycles. The van der Waals surface area contributed by atoms with E-state index in [1.165, 1.54) is 18.5 Å². The Hall–Kier alpha value is -2.37. The van der Waals surface area contributed by atoms with Gasteiger partial charge in [-0.15, -0.1) is 0 Å². The molecule has 0 bridgehead atoms. The van der Waals surface area contributed by atoms with E-state index in [1.54, 1.807) is 18.3 Å². The molecule has 116 valence electrons. The molecule has 6 heteroatoms. The fourth-order valence-electron chi connectivity index (χ4n) is 2.72. The maximum absolute atomic E-state index is 12.3. The molecule has 1 aliphatic rings. The average molecular weight is 300 g/mol. The lowest BCUT2D eigenvalue weighted by atomic mass is 10.1. The minimum atomic E-state index is -0.174. The Bertz CT molecular complexity index is 666. The number of nitrogens with zero attached hydrogens (tertiary/aromatic N) is 3. The van der Waals surface area contributed by atoms with Crippen LogP contribution in [0.4, 0.5) is 0 Å². The monoisotopic (exact) mass is 300 g/mol. The summed E-state index contributed by atoms with van der Waals surface area (Å²) in [5, 5.41) is 7.32. The molecule has 0 saturated carbocycles. The highest BCUT2D eigenvalue weighted by Crippen LogP contribution is 2.18. The summed E-state index contributed by atoms with van der Waals surface area (Å²) in [5.74, 6) is 0.201. The van der Waals surface area contributed by atoms with Gasteiger partial charge in [0.1, 0.15) is 5.56 Å². The summed E-state index contributed by atoms with van der Waals surface area (Å²) >= 11 is 0. The van der Waals surface area contributed by atoms with Crippen LogP contribution in [0, 0.1) is 0 Å². The Morgan fingerprint density at radius 1 is 1.45 bits per heavy atom. The molecule has 1 aliphatic heterocycles. The third kappa shape index (κ3) is 2.95. The molecule has 0 saturated heterocycles. The first-order valence-electron chi connectivity index (χ1n) is 7.69. The molecule has 6 nitrogen and oxygen atoms in total. The summed E-state index contributed by atoms with van der Waals surface area (Å²) in [6.45, 7) is 3.80. The maximum Gasteiger partial charge on any atom is 0.257 e. The predicted molar refractivity (Wildman–Crippen MR) is 81.7 cm³/mol. The van der Waals surface area contributed by atoms with Crippen LogP contribution >= 0.6 is 0 Å². The Labute approximate surface area is 129 Å². The van der Waals surface area contributed by atoms with Crippen molar-refractivity contribution in [3.05, 3.63) is 41.3 Å². The number of nitrogens with one attached hydrogen (secondary N) is 1. The Morgan fingerprint density at radius 3 is 3.23 bits per heavy atom. The van der Waals surface area contributed by atoms with Crippen LogP contribution in [0.15, 0.2) is 24.5 Å². The number of hydrogen-bond acceptors (Lipinski definition) is 4. The lowest BCUT2D eigenvalue weighted by molar-refractivity contribution is 0.0946. The standard InChI is InChI=1S/C16H20N4O2/c1-2-22-16-13(6-5-8-17-16)15(21)18-10-12-11-19-20-9-4-3-7-14(12)20/h5-6,8,11H,2-4,7,9-10H2,1H3,(H,18,21). The van der Waals surface area contributed by atoms with Gasteiger partial charge in [-0.1, -0.05) is 0 Å². The van der Waals surface area contributed by atoms with Crippen LogP contribution in [0.5, 0.6) is 5.88 Å². The highest BCUT2D eigenvalue weighted by molar-refractivity contribution is 5.96. The van der Waals surface area contributed by atoms with Gasteiger partial charge in [0.2, 0.25) is 5.88 Å². The number of aryl methyl sites for hydroxylation is 1. The summed E-state index contributed by atoms with van der Waals surface area (Å²) in [4.78, 5) is 16.5. The number of rotatable bonds is 5. The van der Waals surface area contributed by atoms with Crippen LogP contribution in [0.3, 0.4) is 0 Å². The molecule has 3 rings (SSSR count). The zero-order valence-corrected chi connectivity index (χ0v) is 12.7. The lowest BCUT2D eigenvalue weighted by Gasteiger charge is -2.15. The molecule has 0 aromatic carbocycles. The number of pyridine rings is 1. The van der Waals surface area contributed by atoms with Crippen LogP contribution in [-0.4, -0.2) is 27.3 Å². The number of hydrogen-bond donors (Lipinski definition) is 1. The van der Waals surface area contributed by atoms with Crippen LogP contribution in [0.25, 0.3) is 0 Å². The van der Waals surface area contributed by atoms with E-state index in [0.29, 0.717) is 24.6 Å². The molecule has 2 aromatic heterocycles. The minimum absolute atomic E-state index is 0.174. The second kappa shape index (κ2) is 6.60. The third-order valence-electron chi connectivity index (χ3n) is 3.80. The molecule has 1 amide bonds. The minimum Gasteiger partial charge on any atom is -0.477 e. The zero-order valence-electron chi connectivity index (χ0n) is 12.7. The molecule has 0 atom stereocenters. The van der Waals surface area contributed by atoms with E-state index in [9.17, 15) is 4.79 Å². The lowest BCUT2D eigenvalue weighted by Crippen LogP contribution is -2.24. The number of aromatic nitrogens is 3. The van der Waals surface area contributed by atoms with Crippen molar-refractivity contribution in [1.29, 1.82) is 0 Å². The highest BCUT2D eigenvalue weighted by Gasteiger charge is 2.17. The molecule has 22 heavy (non-hydrogen) atoms. The fraction of sp³-hybridized carbons (Fsp3) is 0.438. The van der Waals surface area contributed by atoms with Crippen molar-refractivity contribution < 1.29 is 9.53 Å². The largest absolute Gasteiger partial charge is 0.477 e. The van der Waals surface area contributed by atoms with Crippen molar-refractivity contribution in [3.8, 4) is 5.88 Å². The Balaban J connectivity index is 1.69. The molecule has 0 unspecified atom stereocenters. The van der Waals surface area contributed by atoms with Crippen molar-refractivity contribution in [1.82, 2.24) is 20.1 Å². The summed E-state index contributed by atoms with van der Waals surface area (Å²) in [7, 11) is 0. The number of carbonyl (C=O) groups excluding carboxylic acids is 1. The molecule has 2 aromatic rings. The second-order valence-corrected chi connectivity index (χ2v) is 5.27. The van der Waals surface area contributed by atoms with Gasteiger partial charge >= 0.3 is 0 Å². The van der Waals surface area contributed by atoms with Gasteiger partial charge in [0.15, 0.2) is 0 Å². The van der Waals surface area contributed by atoms with Gasteiger partial charge in [0.25, 0.3) is 5.91 Å². The maximum atomic E-state index is 12.3. The topological polar surface area (TPSA) is 69.0 Å². The van der Waals surface area contributed by atoms with E-state index >= 15 is 0 Å². The van der Waals surface area contributed by atoms with Gasteiger partial charge in [-0.3, -0.25) is 9.48 Å². The van der Waals surface area contributed by atoms with Gasteiger partial charge in [0, 0.05) is 30.5 Å². The van der Waals surface area contributed by atoms with Gasteiger partial charge in [-0.25, -0.2) is 4.98 Å². The molecule has 0 fully saturated rings. The highest BCUT2D eigenvalue weighted by atomic mass is 16.5. The van der Waals surface area contributed by atoms with Gasteiger partial charge in [0.05, 0.1) is 12.8 Å². The third-order valence-corrected chi connectivity index (χ3v) is 3.80. The van der Waals surface area contributed by atoms with Crippen molar-refractivity contribution >= 4 is 5.91 Å². The first-order chi connectivity index (χ1) is 10.8. The van der Waals surface area contributed by atoms with Crippen molar-refractivity contribution in [2.45, 2.75) is 39.3 Å². The molecule has 0 aliphatic carbocycles. The van der Waals surface area contributed by atoms with E-state index in [0.717, 1.165) is 18.5 Å². The SMILES string of the molecule is CCOc1ncccc1C(=O)NCc1cnn2c1CCCC2. The summed E-state index contributed by atoms with van der Waals surface area (Å²) in [6.07, 6.45) is 6.86. The van der Waals surface area contributed by atoms with Crippen LogP contribution < -0.4 is 10.1 Å². The molecule has 0 radical (unpaired) electrons. The van der Waals surface area contributed by atoms with Crippen LogP contribution in [-0.2, 0) is 19.5 Å². The summed E-state index contributed by atoms with van der Waals surface area (Å²) in [5.41, 5.74) is 2.79. The van der Waals surface area contributed by atoms with Gasteiger partial charge in [-0.2, -0.15) is 5.10 Å². The Morgan fingerprint density at radius 2 is 2.36 bits per heavy atom. The molecular weight excluding hydrogens is 280 g/mol. The van der Waals surface area contributed by atoms with Crippen LogP contribution in [0.2, 0.25) is 0 Å². The first kappa shape index (κ1) is 14.6. The fourth-order valence-corrected chi connectivity index (χ4v) is 2.72. The molecule has 1 N–H and O–H groups in total. The van der Waals surface area contributed by atoms with Gasteiger partial charge < -0.3 is 10.1 Å². The van der Waals surface area contributed by atoms with Crippen molar-refractivity contribution in [2.75, 3.05) is 6.61 Å². The van der Waals surface area contributed by atoms with E-state index in [-0.39, 0.29) is 5.91 Å².